The SMILES string of the molecule is CCCCc1nc2ccc(C)n(-c3ccc(-c4ccccc4C(=O)O)cc3)c-2n1. The van der Waals surface area contributed by atoms with E-state index < -0.39 is 5.97 Å². The summed E-state index contributed by atoms with van der Waals surface area (Å²) in [5.74, 6) is 0.814. The van der Waals surface area contributed by atoms with Crippen LogP contribution in [-0.4, -0.2) is 25.6 Å². The molecule has 0 saturated carbocycles. The number of pyridine rings is 1. The summed E-state index contributed by atoms with van der Waals surface area (Å²) in [6.07, 6.45) is 3.07. The Morgan fingerprint density at radius 3 is 2.48 bits per heavy atom. The summed E-state index contributed by atoms with van der Waals surface area (Å²) in [5, 5.41) is 9.46. The van der Waals surface area contributed by atoms with Crippen molar-refractivity contribution < 1.29 is 9.90 Å². The van der Waals surface area contributed by atoms with Gasteiger partial charge in [0.15, 0.2) is 5.82 Å². The molecule has 0 amide bonds. The van der Waals surface area contributed by atoms with Crippen LogP contribution in [0, 0.1) is 6.92 Å². The lowest BCUT2D eigenvalue weighted by molar-refractivity contribution is 0.0697. The van der Waals surface area contributed by atoms with E-state index in [1.54, 1.807) is 12.1 Å². The van der Waals surface area contributed by atoms with E-state index in [0.29, 0.717) is 11.1 Å². The number of fused-ring (bicyclic) bond motifs is 1. The van der Waals surface area contributed by atoms with Crippen LogP contribution >= 0.6 is 0 Å². The molecular formula is C24H23N3O2. The van der Waals surface area contributed by atoms with Crippen molar-refractivity contribution in [1.29, 1.82) is 0 Å². The van der Waals surface area contributed by atoms with Crippen molar-refractivity contribution in [3.63, 3.8) is 0 Å². The quantitative estimate of drug-likeness (QED) is 0.483. The van der Waals surface area contributed by atoms with Crippen LogP contribution in [-0.2, 0) is 6.42 Å². The van der Waals surface area contributed by atoms with Crippen LogP contribution in [0.1, 0.15) is 41.6 Å². The molecule has 0 atom stereocenters. The number of carboxylic acids is 1. The third-order valence-corrected chi connectivity index (χ3v) is 5.11. The van der Waals surface area contributed by atoms with E-state index in [0.717, 1.165) is 53.5 Å². The number of benzene rings is 2. The van der Waals surface area contributed by atoms with Gasteiger partial charge in [-0.25, -0.2) is 14.8 Å². The summed E-state index contributed by atoms with van der Waals surface area (Å²) in [5.41, 5.74) is 4.82. The van der Waals surface area contributed by atoms with Crippen molar-refractivity contribution in [2.45, 2.75) is 33.1 Å². The molecule has 2 aliphatic heterocycles. The third kappa shape index (κ3) is 3.63. The molecule has 0 aliphatic carbocycles. The van der Waals surface area contributed by atoms with Crippen LogP contribution < -0.4 is 0 Å². The molecule has 5 nitrogen and oxygen atoms in total. The Morgan fingerprint density at radius 2 is 1.76 bits per heavy atom. The number of aromatic carboxylic acids is 1. The average molecular weight is 385 g/mol. The maximum atomic E-state index is 11.5. The van der Waals surface area contributed by atoms with E-state index in [4.69, 9.17) is 4.98 Å². The summed E-state index contributed by atoms with van der Waals surface area (Å²) in [4.78, 5) is 21.0. The van der Waals surface area contributed by atoms with E-state index in [1.807, 2.05) is 55.5 Å². The predicted molar refractivity (Wildman–Crippen MR) is 114 cm³/mol. The van der Waals surface area contributed by atoms with Crippen molar-refractivity contribution >= 4 is 5.97 Å². The Bertz CT molecular complexity index is 1130. The summed E-state index contributed by atoms with van der Waals surface area (Å²) in [7, 11) is 0. The molecule has 4 rings (SSSR count). The molecule has 0 saturated heterocycles. The first-order chi connectivity index (χ1) is 14.1. The predicted octanol–water partition coefficient (Wildman–Crippen LogP) is 5.39. The molecule has 146 valence electrons. The van der Waals surface area contributed by atoms with Gasteiger partial charge in [-0.3, -0.25) is 4.57 Å². The fourth-order valence-corrected chi connectivity index (χ4v) is 3.60. The molecule has 0 unspecified atom stereocenters. The highest BCUT2D eigenvalue weighted by molar-refractivity contribution is 5.96. The topological polar surface area (TPSA) is 68.0 Å². The lowest BCUT2D eigenvalue weighted by atomic mass is 9.99. The second-order valence-electron chi connectivity index (χ2n) is 7.16. The van der Waals surface area contributed by atoms with E-state index in [1.165, 1.54) is 0 Å². The first-order valence-electron chi connectivity index (χ1n) is 9.86. The zero-order chi connectivity index (χ0) is 20.4. The summed E-state index contributed by atoms with van der Waals surface area (Å²) in [6, 6.07) is 19.0. The summed E-state index contributed by atoms with van der Waals surface area (Å²) in [6.45, 7) is 4.21. The fourth-order valence-electron chi connectivity index (χ4n) is 3.60. The number of aromatic nitrogens is 3. The van der Waals surface area contributed by atoms with Gasteiger partial charge in [0.1, 0.15) is 11.5 Å². The van der Waals surface area contributed by atoms with Gasteiger partial charge in [-0.15, -0.1) is 0 Å². The molecule has 0 spiro atoms. The Labute approximate surface area is 170 Å². The number of hydrogen-bond donors (Lipinski definition) is 1. The number of carboxylic acid groups (broad SMARTS) is 1. The number of nitrogens with zero attached hydrogens (tertiary/aromatic N) is 3. The smallest absolute Gasteiger partial charge is 0.336 e. The van der Waals surface area contributed by atoms with E-state index in [-0.39, 0.29) is 0 Å². The Kier molecular flexibility index (Phi) is 5.12. The van der Waals surface area contributed by atoms with Gasteiger partial charge in [-0.05, 0) is 54.8 Å². The largest absolute Gasteiger partial charge is 0.478 e. The second kappa shape index (κ2) is 7.87. The van der Waals surface area contributed by atoms with Crippen LogP contribution in [0.4, 0.5) is 0 Å². The summed E-state index contributed by atoms with van der Waals surface area (Å²) < 4.78 is 2.10. The zero-order valence-electron chi connectivity index (χ0n) is 16.6. The molecule has 2 heterocycles. The van der Waals surface area contributed by atoms with Gasteiger partial charge in [0.2, 0.25) is 0 Å². The highest BCUT2D eigenvalue weighted by Gasteiger charge is 2.17. The Balaban J connectivity index is 1.75. The minimum absolute atomic E-state index is 0.300. The minimum atomic E-state index is -0.925. The number of imidazole rings is 1. The van der Waals surface area contributed by atoms with Crippen LogP contribution in [0.15, 0.2) is 60.7 Å². The zero-order valence-corrected chi connectivity index (χ0v) is 16.6. The van der Waals surface area contributed by atoms with Gasteiger partial charge in [0.05, 0.1) is 5.56 Å². The van der Waals surface area contributed by atoms with Crippen molar-refractivity contribution in [3.8, 4) is 28.3 Å². The molecule has 2 aliphatic rings. The van der Waals surface area contributed by atoms with Crippen LogP contribution in [0.3, 0.4) is 0 Å². The molecule has 29 heavy (non-hydrogen) atoms. The minimum Gasteiger partial charge on any atom is -0.478 e. The fraction of sp³-hybridized carbons (Fsp3) is 0.208. The normalized spacial score (nSPS) is 11.1. The van der Waals surface area contributed by atoms with Gasteiger partial charge < -0.3 is 5.11 Å². The molecule has 0 aromatic heterocycles. The number of unbranched alkanes of at least 4 members (excludes halogenated alkanes) is 1. The van der Waals surface area contributed by atoms with Gasteiger partial charge in [0.25, 0.3) is 0 Å². The Morgan fingerprint density at radius 1 is 1.00 bits per heavy atom. The monoisotopic (exact) mass is 385 g/mol. The standard InChI is InChI=1S/C24H23N3O2/c1-3-4-9-22-25-21-15-10-16(2)27(23(21)26-22)18-13-11-17(12-14-18)19-7-5-6-8-20(19)24(28)29/h5-8,10-15H,3-4,9H2,1-2H3,(H,28,29). The van der Waals surface area contributed by atoms with Crippen molar-refractivity contribution in [2.75, 3.05) is 0 Å². The first-order valence-corrected chi connectivity index (χ1v) is 9.86. The molecule has 2 aromatic rings. The maximum Gasteiger partial charge on any atom is 0.336 e. The van der Waals surface area contributed by atoms with Crippen molar-refractivity contribution in [3.05, 3.63) is 77.7 Å². The number of carbonyl (C=O) groups is 1. The molecule has 1 N–H and O–H groups in total. The van der Waals surface area contributed by atoms with E-state index in [2.05, 4.69) is 16.5 Å². The van der Waals surface area contributed by atoms with Crippen LogP contribution in [0.2, 0.25) is 0 Å². The maximum absolute atomic E-state index is 11.5. The lowest BCUT2D eigenvalue weighted by Crippen LogP contribution is -2.05. The summed E-state index contributed by atoms with van der Waals surface area (Å²) >= 11 is 0. The third-order valence-electron chi connectivity index (χ3n) is 5.11. The molecule has 5 heteroatoms. The number of rotatable bonds is 6. The molecule has 0 bridgehead atoms. The van der Waals surface area contributed by atoms with Crippen LogP contribution in [0.25, 0.3) is 28.3 Å². The van der Waals surface area contributed by atoms with Crippen molar-refractivity contribution in [1.82, 2.24) is 14.5 Å². The van der Waals surface area contributed by atoms with Gasteiger partial charge in [0, 0.05) is 17.8 Å². The van der Waals surface area contributed by atoms with E-state index in [9.17, 15) is 9.90 Å². The van der Waals surface area contributed by atoms with Crippen LogP contribution in [0.5, 0.6) is 0 Å². The molecular weight excluding hydrogens is 362 g/mol. The molecule has 0 radical (unpaired) electrons. The highest BCUT2D eigenvalue weighted by Crippen LogP contribution is 2.29. The Hall–Kier alpha value is -3.47. The highest BCUT2D eigenvalue weighted by atomic mass is 16.4. The van der Waals surface area contributed by atoms with Gasteiger partial charge >= 0.3 is 5.97 Å². The van der Waals surface area contributed by atoms with Crippen molar-refractivity contribution in [2.24, 2.45) is 0 Å². The number of hydrogen-bond acceptors (Lipinski definition) is 3. The van der Waals surface area contributed by atoms with E-state index >= 15 is 0 Å². The average Bonchev–Trinajstić information content (AvgIpc) is 3.15. The molecule has 0 fully saturated rings. The second-order valence-corrected chi connectivity index (χ2v) is 7.16. The van der Waals surface area contributed by atoms with Gasteiger partial charge in [-0.1, -0.05) is 43.7 Å². The number of aryl methyl sites for hydroxylation is 2. The van der Waals surface area contributed by atoms with Gasteiger partial charge in [-0.2, -0.15) is 0 Å². The molecule has 2 aromatic carbocycles. The first kappa shape index (κ1) is 18.9. The lowest BCUT2D eigenvalue weighted by Gasteiger charge is -2.15.